The number of rotatable bonds is 7. The molecule has 1 aliphatic carbocycles. The Balaban J connectivity index is 1.25. The molecule has 2 aliphatic rings. The number of hydrogen-bond acceptors (Lipinski definition) is 7. The van der Waals surface area contributed by atoms with E-state index in [0.717, 1.165) is 17.5 Å². The number of aryl methyl sites for hydroxylation is 1. The van der Waals surface area contributed by atoms with Crippen LogP contribution in [0.2, 0.25) is 0 Å². The highest BCUT2D eigenvalue weighted by molar-refractivity contribution is 5.95. The maximum atomic E-state index is 14.7. The number of nitrogens with zero attached hydrogens (tertiary/aromatic N) is 5. The Labute approximate surface area is 218 Å². The van der Waals surface area contributed by atoms with Crippen LogP contribution in [0.4, 0.5) is 10.2 Å². The van der Waals surface area contributed by atoms with Gasteiger partial charge in [-0.3, -0.25) is 14.3 Å². The fraction of sp³-hybridized carbons (Fsp3) is 0.370. The van der Waals surface area contributed by atoms with Crippen LogP contribution >= 0.6 is 0 Å². The number of carbonyl (C=O) groups excluding carboxylic acids is 2. The van der Waals surface area contributed by atoms with Crippen LogP contribution in [0.1, 0.15) is 29.9 Å². The predicted octanol–water partition coefficient (Wildman–Crippen LogP) is 2.41. The topological polar surface area (TPSA) is 133 Å². The fourth-order valence-electron chi connectivity index (χ4n) is 4.79. The third-order valence-electron chi connectivity index (χ3n) is 6.97. The summed E-state index contributed by atoms with van der Waals surface area (Å²) in [5.41, 5.74) is 2.75. The zero-order chi connectivity index (χ0) is 26.8. The van der Waals surface area contributed by atoms with E-state index >= 15 is 0 Å². The van der Waals surface area contributed by atoms with Crippen LogP contribution in [0.25, 0.3) is 11.1 Å². The summed E-state index contributed by atoms with van der Waals surface area (Å²) in [4.78, 5) is 29.9. The Hall–Kier alpha value is -4.30. The normalized spacial score (nSPS) is 22.4. The summed E-state index contributed by atoms with van der Waals surface area (Å²) in [6.45, 7) is -0.565. The first kappa shape index (κ1) is 25.4. The van der Waals surface area contributed by atoms with Crippen molar-refractivity contribution in [3.05, 3.63) is 60.0 Å². The number of benzene rings is 1. The van der Waals surface area contributed by atoms with Gasteiger partial charge in [-0.2, -0.15) is 10.4 Å². The van der Waals surface area contributed by atoms with Crippen molar-refractivity contribution < 1.29 is 23.8 Å². The molecule has 1 saturated carbocycles. The zero-order valence-electron chi connectivity index (χ0n) is 20.7. The molecular weight excluding hydrogens is 491 g/mol. The van der Waals surface area contributed by atoms with Gasteiger partial charge in [-0.15, -0.1) is 0 Å². The Morgan fingerprint density at radius 2 is 2.11 bits per heavy atom. The van der Waals surface area contributed by atoms with Gasteiger partial charge in [-0.1, -0.05) is 6.07 Å². The lowest BCUT2D eigenvalue weighted by atomic mass is 10.0. The van der Waals surface area contributed by atoms with Crippen LogP contribution < -0.4 is 10.1 Å². The molecule has 0 spiro atoms. The number of nitrogens with one attached hydrogen (secondary N) is 1. The van der Waals surface area contributed by atoms with E-state index in [4.69, 9.17) is 9.84 Å². The molecule has 3 aromatic rings. The standard InChI is InChI=1S/C27H27FN6O4/c1-33-13-19(12-31-33)20-10-21(20)27(37)32-25-9-17(4-6-30-25)16-2-3-23(18(8-16)11-29)38-24-5-7-34(14-22(24)28)26(36)15-35/h2-4,6,8-9,12-13,20-22,24,35H,5,7,10,14-15H2,1H3,(H,30,32,37)/t20-,21+,22+,24?/m0/s1. The number of halogens is 1. The van der Waals surface area contributed by atoms with Crippen molar-refractivity contribution in [3.8, 4) is 22.9 Å². The lowest BCUT2D eigenvalue weighted by Gasteiger charge is -2.34. The molecule has 2 amide bonds. The SMILES string of the molecule is Cn1cc([C@@H]2C[C@H]2C(=O)Nc2cc(-c3ccc(OC4CCN(C(=O)CO)C[C@H]4F)c(C#N)c3)ccn2)cn1. The van der Waals surface area contributed by atoms with Gasteiger partial charge in [0.1, 0.15) is 30.3 Å². The molecule has 10 nitrogen and oxygen atoms in total. The average molecular weight is 519 g/mol. The van der Waals surface area contributed by atoms with Crippen molar-refractivity contribution in [3.63, 3.8) is 0 Å². The molecule has 2 aromatic heterocycles. The van der Waals surface area contributed by atoms with E-state index in [2.05, 4.69) is 21.5 Å². The molecule has 0 bridgehead atoms. The fourth-order valence-corrected chi connectivity index (χ4v) is 4.79. The third kappa shape index (κ3) is 5.35. The maximum Gasteiger partial charge on any atom is 0.248 e. The van der Waals surface area contributed by atoms with Gasteiger partial charge in [0, 0.05) is 38.3 Å². The van der Waals surface area contributed by atoms with Crippen LogP contribution in [0.3, 0.4) is 0 Å². The number of amides is 2. The molecular formula is C27H27FN6O4. The number of likely N-dealkylation sites (tertiary alicyclic amines) is 1. The summed E-state index contributed by atoms with van der Waals surface area (Å²) in [7, 11) is 1.84. The van der Waals surface area contributed by atoms with Gasteiger partial charge >= 0.3 is 0 Å². The van der Waals surface area contributed by atoms with Gasteiger partial charge in [-0.25, -0.2) is 9.37 Å². The smallest absolute Gasteiger partial charge is 0.248 e. The Bertz CT molecular complexity index is 1400. The molecule has 2 fully saturated rings. The van der Waals surface area contributed by atoms with Crippen molar-refractivity contribution in [2.24, 2.45) is 13.0 Å². The van der Waals surface area contributed by atoms with Gasteiger partial charge < -0.3 is 20.1 Å². The second-order valence-electron chi connectivity index (χ2n) is 9.60. The number of aromatic nitrogens is 3. The molecule has 196 valence electrons. The number of aliphatic hydroxyl groups excluding tert-OH is 1. The summed E-state index contributed by atoms with van der Waals surface area (Å²) in [6, 6.07) is 10.6. The first-order valence-electron chi connectivity index (χ1n) is 12.4. The Morgan fingerprint density at radius 1 is 1.29 bits per heavy atom. The van der Waals surface area contributed by atoms with E-state index in [1.165, 1.54) is 4.90 Å². The van der Waals surface area contributed by atoms with Crippen LogP contribution in [-0.2, 0) is 16.6 Å². The second-order valence-corrected chi connectivity index (χ2v) is 9.60. The van der Waals surface area contributed by atoms with Crippen molar-refractivity contribution in [1.29, 1.82) is 5.26 Å². The molecule has 1 aliphatic heterocycles. The highest BCUT2D eigenvalue weighted by Crippen LogP contribution is 2.47. The van der Waals surface area contributed by atoms with Gasteiger partial charge in [0.05, 0.1) is 18.3 Å². The highest BCUT2D eigenvalue weighted by Gasteiger charge is 2.44. The Kier molecular flexibility index (Phi) is 7.07. The largest absolute Gasteiger partial charge is 0.486 e. The minimum absolute atomic E-state index is 0.0996. The van der Waals surface area contributed by atoms with E-state index in [1.54, 1.807) is 47.4 Å². The van der Waals surface area contributed by atoms with E-state index in [0.29, 0.717) is 11.4 Å². The van der Waals surface area contributed by atoms with Gasteiger partial charge in [0.2, 0.25) is 11.8 Å². The number of carbonyl (C=O) groups is 2. The number of anilines is 1. The minimum atomic E-state index is -1.44. The molecule has 1 saturated heterocycles. The van der Waals surface area contributed by atoms with Crippen molar-refractivity contribution in [2.45, 2.75) is 31.0 Å². The van der Waals surface area contributed by atoms with Crippen LogP contribution in [0.5, 0.6) is 5.75 Å². The number of piperidine rings is 1. The lowest BCUT2D eigenvalue weighted by Crippen LogP contribution is -2.50. The molecule has 1 unspecified atom stereocenters. The van der Waals surface area contributed by atoms with Crippen LogP contribution in [0.15, 0.2) is 48.9 Å². The average Bonchev–Trinajstić information content (AvgIpc) is 3.62. The molecule has 5 rings (SSSR count). The molecule has 2 N–H and O–H groups in total. The minimum Gasteiger partial charge on any atom is -0.486 e. The lowest BCUT2D eigenvalue weighted by molar-refractivity contribution is -0.138. The third-order valence-corrected chi connectivity index (χ3v) is 6.97. The van der Waals surface area contributed by atoms with E-state index in [-0.39, 0.29) is 48.6 Å². The van der Waals surface area contributed by atoms with Gasteiger partial charge in [-0.05, 0) is 53.3 Å². The zero-order valence-corrected chi connectivity index (χ0v) is 20.7. The first-order chi connectivity index (χ1) is 18.4. The molecule has 4 atom stereocenters. The summed E-state index contributed by atoms with van der Waals surface area (Å²) < 4.78 is 22.2. The summed E-state index contributed by atoms with van der Waals surface area (Å²) >= 11 is 0. The van der Waals surface area contributed by atoms with Gasteiger partial charge in [0.15, 0.2) is 6.17 Å². The molecule has 1 aromatic carbocycles. The number of hydrogen-bond donors (Lipinski definition) is 2. The number of aliphatic hydroxyl groups is 1. The van der Waals surface area contributed by atoms with Crippen LogP contribution in [0, 0.1) is 17.2 Å². The van der Waals surface area contributed by atoms with E-state index in [9.17, 15) is 19.2 Å². The van der Waals surface area contributed by atoms with Crippen LogP contribution in [-0.4, -0.2) is 68.6 Å². The monoisotopic (exact) mass is 518 g/mol. The van der Waals surface area contributed by atoms with Crippen molar-refractivity contribution >= 4 is 17.6 Å². The number of nitriles is 1. The highest BCUT2D eigenvalue weighted by atomic mass is 19.1. The predicted molar refractivity (Wildman–Crippen MR) is 135 cm³/mol. The molecule has 11 heteroatoms. The summed E-state index contributed by atoms with van der Waals surface area (Å²) in [5, 5.41) is 25.8. The first-order valence-corrected chi connectivity index (χ1v) is 12.4. The quantitative estimate of drug-likeness (QED) is 0.491. The van der Waals surface area contributed by atoms with E-state index in [1.807, 2.05) is 13.2 Å². The van der Waals surface area contributed by atoms with Gasteiger partial charge in [0.25, 0.3) is 0 Å². The van der Waals surface area contributed by atoms with E-state index < -0.39 is 24.8 Å². The second kappa shape index (κ2) is 10.6. The summed E-state index contributed by atoms with van der Waals surface area (Å²) in [5.74, 6) is 0.0726. The Morgan fingerprint density at radius 3 is 2.82 bits per heavy atom. The van der Waals surface area contributed by atoms with Crippen molar-refractivity contribution in [1.82, 2.24) is 19.7 Å². The molecule has 3 heterocycles. The molecule has 38 heavy (non-hydrogen) atoms. The number of ether oxygens (including phenoxy) is 1. The molecule has 0 radical (unpaired) electrons. The number of pyridine rings is 1. The maximum absolute atomic E-state index is 14.7. The summed E-state index contributed by atoms with van der Waals surface area (Å²) in [6.07, 6.45) is 4.05. The van der Waals surface area contributed by atoms with Crippen molar-refractivity contribution in [2.75, 3.05) is 25.0 Å². The number of alkyl halides is 1.